The number of aliphatic hydroxyl groups is 1. The molecule has 0 bridgehead atoms. The van der Waals surface area contributed by atoms with Gasteiger partial charge in [0.05, 0.1) is 12.7 Å². The highest BCUT2D eigenvalue weighted by Crippen LogP contribution is 2.67. The van der Waals surface area contributed by atoms with E-state index in [1.165, 1.54) is 63.5 Å². The molecule has 162 valence electrons. The first-order valence-electron chi connectivity index (χ1n) is 12.6. The van der Waals surface area contributed by atoms with Gasteiger partial charge in [-0.25, -0.2) is 0 Å². The van der Waals surface area contributed by atoms with Crippen LogP contribution in [0.5, 0.6) is 0 Å². The van der Waals surface area contributed by atoms with E-state index in [0.717, 1.165) is 42.8 Å². The van der Waals surface area contributed by atoms with Gasteiger partial charge < -0.3 is 14.4 Å². The third kappa shape index (κ3) is 3.23. The second kappa shape index (κ2) is 7.59. The van der Waals surface area contributed by atoms with Gasteiger partial charge in [0.2, 0.25) is 0 Å². The lowest BCUT2D eigenvalue weighted by atomic mass is 9.45. The number of rotatable bonds is 3. The minimum absolute atomic E-state index is 0.000504. The lowest BCUT2D eigenvalue weighted by Crippen LogP contribution is -2.53. The number of aliphatic hydroxyl groups excluding tert-OH is 1. The molecule has 3 nitrogen and oxygen atoms in total. The summed E-state index contributed by atoms with van der Waals surface area (Å²) in [6, 6.07) is 0. The van der Waals surface area contributed by atoms with Crippen LogP contribution in [0.25, 0.3) is 0 Å². The van der Waals surface area contributed by atoms with Crippen LogP contribution in [0.2, 0.25) is 6.32 Å². The Bertz CT molecular complexity index is 662. The summed E-state index contributed by atoms with van der Waals surface area (Å²) in [5, 5.41) is 10.2. The van der Waals surface area contributed by atoms with Crippen LogP contribution in [0, 0.1) is 34.5 Å². The van der Waals surface area contributed by atoms with Gasteiger partial charge in [-0.2, -0.15) is 0 Å². The second-order valence-corrected chi connectivity index (χ2v) is 11.5. The average Bonchev–Trinajstić information content (AvgIpc) is 3.30. The van der Waals surface area contributed by atoms with Crippen LogP contribution >= 0.6 is 0 Å². The summed E-state index contributed by atoms with van der Waals surface area (Å²) in [6.07, 6.45) is 14.7. The van der Waals surface area contributed by atoms with E-state index >= 15 is 0 Å². The molecular weight excluding hydrogens is 359 g/mol. The Morgan fingerprint density at radius 3 is 2.76 bits per heavy atom. The summed E-state index contributed by atoms with van der Waals surface area (Å²) >= 11 is 0. The van der Waals surface area contributed by atoms with Crippen LogP contribution < -0.4 is 0 Å². The van der Waals surface area contributed by atoms with Crippen LogP contribution in [0.3, 0.4) is 0 Å². The Kier molecular flexibility index (Phi) is 5.34. The molecule has 1 saturated heterocycles. The van der Waals surface area contributed by atoms with Crippen molar-refractivity contribution in [2.24, 2.45) is 34.5 Å². The van der Waals surface area contributed by atoms with E-state index in [-0.39, 0.29) is 13.2 Å². The average molecular weight is 400 g/mol. The predicted octanol–water partition coefficient (Wildman–Crippen LogP) is 5.98. The van der Waals surface area contributed by atoms with Crippen molar-refractivity contribution in [2.75, 3.05) is 6.61 Å². The highest BCUT2D eigenvalue weighted by atomic mass is 16.6. The standard InChI is InChI=1S/C25H41BO3/c1-4-5-14-26-28-16-23(29-26)22-9-8-20-19-7-6-17-15-18(27)10-12-24(17,2)21(19)11-13-25(20,22)3/h17-21,27H,4-16H2,1-3H3/b23-22-/t17-,18+,19-,20-,21-,24-,25-/m0/s1. The molecule has 0 aromatic carbocycles. The normalized spacial score (nSPS) is 49.4. The van der Waals surface area contributed by atoms with Crippen molar-refractivity contribution in [2.45, 2.75) is 104 Å². The first-order chi connectivity index (χ1) is 14.0. The van der Waals surface area contributed by atoms with Gasteiger partial charge >= 0.3 is 7.12 Å². The van der Waals surface area contributed by atoms with E-state index in [9.17, 15) is 5.11 Å². The molecule has 5 rings (SSSR count). The lowest BCUT2D eigenvalue weighted by molar-refractivity contribution is -0.116. The molecule has 0 spiro atoms. The molecule has 4 heteroatoms. The number of unbranched alkanes of at least 4 members (excludes halogenated alkanes) is 1. The van der Waals surface area contributed by atoms with Gasteiger partial charge in [0.15, 0.2) is 0 Å². The fraction of sp³-hybridized carbons (Fsp3) is 0.920. The Balaban J connectivity index is 1.36. The largest absolute Gasteiger partial charge is 0.537 e. The van der Waals surface area contributed by atoms with Crippen LogP contribution in [0.4, 0.5) is 0 Å². The van der Waals surface area contributed by atoms with Crippen molar-refractivity contribution < 1.29 is 14.4 Å². The van der Waals surface area contributed by atoms with E-state index in [1.807, 2.05) is 0 Å². The molecule has 1 aliphatic heterocycles. The minimum atomic E-state index is -0.0403. The van der Waals surface area contributed by atoms with Crippen molar-refractivity contribution in [1.29, 1.82) is 0 Å². The molecule has 1 heterocycles. The van der Waals surface area contributed by atoms with Crippen LogP contribution in [0.15, 0.2) is 11.3 Å². The summed E-state index contributed by atoms with van der Waals surface area (Å²) < 4.78 is 12.3. The monoisotopic (exact) mass is 400 g/mol. The van der Waals surface area contributed by atoms with E-state index in [0.29, 0.717) is 17.4 Å². The Hall–Kier alpha value is -0.475. The first kappa shape index (κ1) is 20.4. The van der Waals surface area contributed by atoms with Crippen molar-refractivity contribution in [3.8, 4) is 0 Å². The third-order valence-electron chi connectivity index (χ3n) is 10.2. The number of hydrogen-bond acceptors (Lipinski definition) is 3. The third-order valence-corrected chi connectivity index (χ3v) is 10.2. The number of fused-ring (bicyclic) bond motifs is 5. The number of hydrogen-bond donors (Lipinski definition) is 1. The Morgan fingerprint density at radius 2 is 1.93 bits per heavy atom. The summed E-state index contributed by atoms with van der Waals surface area (Å²) in [5.74, 6) is 4.53. The quantitative estimate of drug-likeness (QED) is 0.593. The molecule has 0 radical (unpaired) electrons. The lowest BCUT2D eigenvalue weighted by Gasteiger charge is -2.60. The fourth-order valence-corrected chi connectivity index (χ4v) is 8.57. The number of allylic oxidation sites excluding steroid dienone is 1. The van der Waals surface area contributed by atoms with E-state index < -0.39 is 0 Å². The molecule has 0 unspecified atom stereocenters. The van der Waals surface area contributed by atoms with Crippen molar-refractivity contribution >= 4 is 7.12 Å². The SMILES string of the molecule is CCCCB1OC/C(=C2\CC[C@H]3[C@@H]4CC[C@H]5C[C@H](O)CC[C@]5(C)[C@H]4CC[C@]23C)O1. The summed E-state index contributed by atoms with van der Waals surface area (Å²) in [4.78, 5) is 0. The maximum Gasteiger partial charge on any atom is 0.525 e. The van der Waals surface area contributed by atoms with Gasteiger partial charge in [-0.1, -0.05) is 33.6 Å². The molecule has 7 atom stereocenters. The maximum atomic E-state index is 10.2. The zero-order chi connectivity index (χ0) is 20.2. The highest BCUT2D eigenvalue weighted by molar-refractivity contribution is 6.45. The highest BCUT2D eigenvalue weighted by Gasteiger charge is 2.59. The van der Waals surface area contributed by atoms with E-state index in [4.69, 9.17) is 9.31 Å². The van der Waals surface area contributed by atoms with Gasteiger partial charge in [0, 0.05) is 0 Å². The molecule has 0 amide bonds. The van der Waals surface area contributed by atoms with E-state index in [2.05, 4.69) is 20.8 Å². The molecule has 0 aromatic rings. The summed E-state index contributed by atoms with van der Waals surface area (Å²) in [5.41, 5.74) is 2.42. The van der Waals surface area contributed by atoms with Crippen LogP contribution in [-0.4, -0.2) is 24.9 Å². The molecule has 4 aliphatic carbocycles. The van der Waals surface area contributed by atoms with Crippen LogP contribution in [0.1, 0.15) is 91.4 Å². The second-order valence-electron chi connectivity index (χ2n) is 11.5. The summed E-state index contributed by atoms with van der Waals surface area (Å²) in [6.45, 7) is 8.09. The fourth-order valence-electron chi connectivity index (χ4n) is 8.57. The molecule has 0 aromatic heterocycles. The molecule has 5 fully saturated rings. The minimum Gasteiger partial charge on any atom is -0.537 e. The maximum absolute atomic E-state index is 10.2. The Labute approximate surface area is 178 Å². The molecular formula is C25H41BO3. The van der Waals surface area contributed by atoms with Crippen LogP contribution in [-0.2, 0) is 9.31 Å². The smallest absolute Gasteiger partial charge is 0.525 e. The van der Waals surface area contributed by atoms with Gasteiger partial charge in [0.1, 0.15) is 5.76 Å². The molecule has 4 saturated carbocycles. The van der Waals surface area contributed by atoms with E-state index in [1.54, 1.807) is 5.57 Å². The predicted molar refractivity (Wildman–Crippen MR) is 117 cm³/mol. The molecule has 5 aliphatic rings. The van der Waals surface area contributed by atoms with Crippen molar-refractivity contribution in [3.05, 3.63) is 11.3 Å². The van der Waals surface area contributed by atoms with Gasteiger partial charge in [-0.05, 0) is 104 Å². The van der Waals surface area contributed by atoms with Gasteiger partial charge in [-0.3, -0.25) is 0 Å². The van der Waals surface area contributed by atoms with Crippen molar-refractivity contribution in [3.63, 3.8) is 0 Å². The van der Waals surface area contributed by atoms with Gasteiger partial charge in [-0.15, -0.1) is 0 Å². The molecule has 1 N–H and O–H groups in total. The Morgan fingerprint density at radius 1 is 1.07 bits per heavy atom. The zero-order valence-corrected chi connectivity index (χ0v) is 18.9. The summed E-state index contributed by atoms with van der Waals surface area (Å²) in [7, 11) is -0.000504. The zero-order valence-electron chi connectivity index (χ0n) is 18.9. The molecule has 29 heavy (non-hydrogen) atoms. The topological polar surface area (TPSA) is 38.7 Å². The first-order valence-corrected chi connectivity index (χ1v) is 12.6. The van der Waals surface area contributed by atoms with Gasteiger partial charge in [0.25, 0.3) is 0 Å². The van der Waals surface area contributed by atoms with Crippen molar-refractivity contribution in [1.82, 2.24) is 0 Å².